The molecule has 2 aliphatic rings. The van der Waals surface area contributed by atoms with E-state index in [0.717, 1.165) is 48.1 Å². The average Bonchev–Trinajstić information content (AvgIpc) is 3.49. The summed E-state index contributed by atoms with van der Waals surface area (Å²) < 4.78 is 7.30. The van der Waals surface area contributed by atoms with Crippen molar-refractivity contribution >= 4 is 23.3 Å². The van der Waals surface area contributed by atoms with Gasteiger partial charge in [-0.25, -0.2) is 9.97 Å². The first-order valence-corrected chi connectivity index (χ1v) is 10.7. The highest BCUT2D eigenvalue weighted by Crippen LogP contribution is 2.43. The van der Waals surface area contributed by atoms with Crippen LogP contribution in [0.25, 0.3) is 0 Å². The lowest BCUT2D eigenvalue weighted by molar-refractivity contribution is 0.145. The zero-order valence-corrected chi connectivity index (χ0v) is 18.2. The fourth-order valence-electron chi connectivity index (χ4n) is 4.54. The molecule has 1 fully saturated rings. The maximum absolute atomic E-state index is 5.56. The third-order valence-electron chi connectivity index (χ3n) is 6.06. The Hall–Kier alpha value is -3.04. The van der Waals surface area contributed by atoms with Crippen molar-refractivity contribution in [2.75, 3.05) is 37.0 Å². The number of ether oxygens (including phenoxy) is 1. The average molecular weight is 421 g/mol. The van der Waals surface area contributed by atoms with Crippen molar-refractivity contribution in [2.45, 2.75) is 31.2 Å². The molecule has 162 valence electrons. The molecule has 0 spiro atoms. The summed E-state index contributed by atoms with van der Waals surface area (Å²) in [5.74, 6) is 2.30. The molecule has 9 heteroatoms. The van der Waals surface area contributed by atoms with E-state index in [4.69, 9.17) is 14.7 Å². The van der Waals surface area contributed by atoms with Gasteiger partial charge in [0.15, 0.2) is 0 Å². The van der Waals surface area contributed by atoms with Crippen LogP contribution in [-0.2, 0) is 17.2 Å². The number of aromatic nitrogens is 5. The van der Waals surface area contributed by atoms with Crippen molar-refractivity contribution in [3.05, 3.63) is 48.0 Å². The zero-order valence-electron chi connectivity index (χ0n) is 18.2. The standard InChI is InChI=1S/C22H28N8O/c1-22(14-31-3)13-30(19-8-4-6-18(27-19)17-7-5-9-23-17)20-16(22)11-24-21(28-20)26-15-10-25-29(2)12-15/h4,6,8,10-12,17,23H,5,7,9,13-14H2,1-3H3,(H,24,26,28)/t17-,22+/m0/s1. The van der Waals surface area contributed by atoms with Crippen LogP contribution in [0.15, 0.2) is 36.8 Å². The largest absolute Gasteiger partial charge is 0.384 e. The van der Waals surface area contributed by atoms with Gasteiger partial charge in [0.2, 0.25) is 5.95 Å². The minimum atomic E-state index is -0.222. The molecule has 5 heterocycles. The number of hydrogen-bond acceptors (Lipinski definition) is 8. The molecule has 0 bridgehead atoms. The normalized spacial score (nSPS) is 22.7. The molecule has 3 aromatic heterocycles. The molecule has 3 aromatic rings. The highest BCUT2D eigenvalue weighted by Gasteiger charge is 2.42. The predicted molar refractivity (Wildman–Crippen MR) is 119 cm³/mol. The number of nitrogens with zero attached hydrogens (tertiary/aromatic N) is 6. The van der Waals surface area contributed by atoms with Crippen LogP contribution in [0, 0.1) is 0 Å². The molecule has 0 saturated carbocycles. The second kappa shape index (κ2) is 7.90. The number of hydrogen-bond donors (Lipinski definition) is 2. The molecular formula is C22H28N8O. The lowest BCUT2D eigenvalue weighted by Gasteiger charge is -2.25. The van der Waals surface area contributed by atoms with E-state index in [1.807, 2.05) is 19.4 Å². The number of fused-ring (bicyclic) bond motifs is 1. The predicted octanol–water partition coefficient (Wildman–Crippen LogP) is 2.83. The molecule has 0 radical (unpaired) electrons. The summed E-state index contributed by atoms with van der Waals surface area (Å²) in [7, 11) is 3.61. The van der Waals surface area contributed by atoms with Gasteiger partial charge in [-0.3, -0.25) is 4.68 Å². The third-order valence-corrected chi connectivity index (χ3v) is 6.06. The molecule has 9 nitrogen and oxygen atoms in total. The van der Waals surface area contributed by atoms with Crippen LogP contribution in [0.1, 0.15) is 37.1 Å². The van der Waals surface area contributed by atoms with Gasteiger partial charge in [-0.15, -0.1) is 0 Å². The van der Waals surface area contributed by atoms with E-state index in [2.05, 4.69) is 50.7 Å². The van der Waals surface area contributed by atoms with E-state index < -0.39 is 0 Å². The van der Waals surface area contributed by atoms with Crippen molar-refractivity contribution in [3.8, 4) is 0 Å². The van der Waals surface area contributed by atoms with Crippen LogP contribution in [0.3, 0.4) is 0 Å². The first-order chi connectivity index (χ1) is 15.1. The molecule has 0 unspecified atom stereocenters. The minimum absolute atomic E-state index is 0.222. The number of nitrogens with one attached hydrogen (secondary N) is 2. The van der Waals surface area contributed by atoms with Crippen LogP contribution < -0.4 is 15.5 Å². The van der Waals surface area contributed by atoms with Gasteiger partial charge in [0.25, 0.3) is 0 Å². The summed E-state index contributed by atoms with van der Waals surface area (Å²) in [6, 6.07) is 6.56. The summed E-state index contributed by atoms with van der Waals surface area (Å²) in [6.45, 7) is 4.55. The van der Waals surface area contributed by atoms with Crippen LogP contribution in [0.2, 0.25) is 0 Å². The van der Waals surface area contributed by atoms with E-state index in [9.17, 15) is 0 Å². The molecule has 0 aliphatic carbocycles. The number of anilines is 4. The van der Waals surface area contributed by atoms with Crippen LogP contribution >= 0.6 is 0 Å². The topological polar surface area (TPSA) is 93.0 Å². The van der Waals surface area contributed by atoms with Gasteiger partial charge in [-0.2, -0.15) is 10.1 Å². The summed E-state index contributed by atoms with van der Waals surface area (Å²) in [6.07, 6.45) is 7.86. The lowest BCUT2D eigenvalue weighted by Crippen LogP contribution is -2.33. The summed E-state index contributed by atoms with van der Waals surface area (Å²) in [4.78, 5) is 16.6. The molecule has 2 N–H and O–H groups in total. The number of methoxy groups -OCH3 is 1. The van der Waals surface area contributed by atoms with Crippen LogP contribution in [0.5, 0.6) is 0 Å². The second-order valence-corrected chi connectivity index (χ2v) is 8.61. The van der Waals surface area contributed by atoms with Gasteiger partial charge in [-0.1, -0.05) is 13.0 Å². The molecule has 1 saturated heterocycles. The SMILES string of the molecule is COC[C@@]1(C)CN(c2cccc([C@@H]3CCCN3)n2)c2nc(Nc3cnn(C)c3)ncc21. The Morgan fingerprint density at radius 1 is 1.29 bits per heavy atom. The van der Waals surface area contributed by atoms with Gasteiger partial charge in [-0.05, 0) is 31.5 Å². The maximum atomic E-state index is 5.56. The van der Waals surface area contributed by atoms with Crippen molar-refractivity contribution in [1.29, 1.82) is 0 Å². The van der Waals surface area contributed by atoms with Crippen LogP contribution in [0.4, 0.5) is 23.3 Å². The summed E-state index contributed by atoms with van der Waals surface area (Å²) in [5, 5.41) is 11.0. The zero-order chi connectivity index (χ0) is 21.4. The molecule has 5 rings (SSSR count). The Morgan fingerprint density at radius 2 is 2.19 bits per heavy atom. The highest BCUT2D eigenvalue weighted by molar-refractivity contribution is 5.68. The summed E-state index contributed by atoms with van der Waals surface area (Å²) >= 11 is 0. The van der Waals surface area contributed by atoms with Crippen molar-refractivity contribution in [2.24, 2.45) is 7.05 Å². The third kappa shape index (κ3) is 3.75. The molecule has 0 amide bonds. The van der Waals surface area contributed by atoms with Crippen molar-refractivity contribution in [1.82, 2.24) is 30.0 Å². The highest BCUT2D eigenvalue weighted by atomic mass is 16.5. The number of aryl methyl sites for hydroxylation is 1. The van der Waals surface area contributed by atoms with Gasteiger partial charge >= 0.3 is 0 Å². The maximum Gasteiger partial charge on any atom is 0.229 e. The van der Waals surface area contributed by atoms with Crippen molar-refractivity contribution < 1.29 is 4.74 Å². The quantitative estimate of drug-likeness (QED) is 0.629. The van der Waals surface area contributed by atoms with E-state index in [1.54, 1.807) is 18.0 Å². The Bertz CT molecular complexity index is 1080. The first kappa shape index (κ1) is 19.9. The first-order valence-electron chi connectivity index (χ1n) is 10.7. The monoisotopic (exact) mass is 420 g/mol. The summed E-state index contributed by atoms with van der Waals surface area (Å²) in [5.41, 5.74) is 2.77. The molecule has 2 atom stereocenters. The fraction of sp³-hybridized carbons (Fsp3) is 0.455. The Kier molecular flexibility index (Phi) is 5.07. The van der Waals surface area contributed by atoms with Gasteiger partial charge in [0, 0.05) is 50.1 Å². The molecule has 31 heavy (non-hydrogen) atoms. The molecule has 2 aliphatic heterocycles. The molecular weight excluding hydrogens is 392 g/mol. The van der Waals surface area contributed by atoms with Gasteiger partial charge < -0.3 is 20.3 Å². The Balaban J connectivity index is 1.52. The van der Waals surface area contributed by atoms with E-state index in [-0.39, 0.29) is 5.41 Å². The number of pyridine rings is 1. The van der Waals surface area contributed by atoms with Crippen LogP contribution in [-0.4, -0.2) is 51.5 Å². The lowest BCUT2D eigenvalue weighted by atomic mass is 9.87. The van der Waals surface area contributed by atoms with Gasteiger partial charge in [0.1, 0.15) is 11.6 Å². The van der Waals surface area contributed by atoms with Crippen molar-refractivity contribution in [3.63, 3.8) is 0 Å². The fourth-order valence-corrected chi connectivity index (χ4v) is 4.54. The Labute approximate surface area is 181 Å². The smallest absolute Gasteiger partial charge is 0.229 e. The van der Waals surface area contributed by atoms with E-state index in [0.29, 0.717) is 18.6 Å². The minimum Gasteiger partial charge on any atom is -0.384 e. The number of rotatable bonds is 6. The Morgan fingerprint density at radius 3 is 2.94 bits per heavy atom. The molecule has 0 aromatic carbocycles. The van der Waals surface area contributed by atoms with E-state index in [1.165, 1.54) is 6.42 Å². The van der Waals surface area contributed by atoms with Gasteiger partial charge in [0.05, 0.1) is 24.2 Å². The second-order valence-electron chi connectivity index (χ2n) is 8.61. The van der Waals surface area contributed by atoms with E-state index >= 15 is 0 Å².